The minimum atomic E-state index is 0.461. The fraction of sp³-hybridized carbons (Fsp3) is 0.318. The molecule has 0 radical (unpaired) electrons. The monoisotopic (exact) mass is 407 g/mol. The van der Waals surface area contributed by atoms with Crippen LogP contribution in [0.25, 0.3) is 0 Å². The fourth-order valence-corrected chi connectivity index (χ4v) is 3.03. The molecular weight excluding hydrogens is 378 g/mol. The van der Waals surface area contributed by atoms with Crippen molar-refractivity contribution in [1.29, 1.82) is 0 Å². The van der Waals surface area contributed by atoms with Crippen molar-refractivity contribution in [2.24, 2.45) is 10.7 Å². The van der Waals surface area contributed by atoms with Gasteiger partial charge >= 0.3 is 0 Å². The molecule has 0 amide bonds. The Hall–Kier alpha value is -3.55. The lowest BCUT2D eigenvalue weighted by molar-refractivity contribution is 0.414. The summed E-state index contributed by atoms with van der Waals surface area (Å²) in [6, 6.07) is 14.0. The van der Waals surface area contributed by atoms with Crippen molar-refractivity contribution >= 4 is 11.8 Å². The molecule has 158 valence electrons. The van der Waals surface area contributed by atoms with E-state index in [0.29, 0.717) is 19.0 Å². The van der Waals surface area contributed by atoms with Crippen LogP contribution in [0.2, 0.25) is 0 Å². The van der Waals surface area contributed by atoms with Crippen molar-refractivity contribution in [3.05, 3.63) is 72.4 Å². The normalized spacial score (nSPS) is 11.3. The van der Waals surface area contributed by atoms with Gasteiger partial charge in [-0.2, -0.15) is 0 Å². The lowest BCUT2D eigenvalue weighted by Crippen LogP contribution is -2.34. The molecule has 1 aromatic carbocycles. The van der Waals surface area contributed by atoms with Gasteiger partial charge in [-0.15, -0.1) is 0 Å². The van der Waals surface area contributed by atoms with E-state index in [2.05, 4.69) is 42.3 Å². The van der Waals surface area contributed by atoms with Crippen LogP contribution in [0.1, 0.15) is 17.7 Å². The highest BCUT2D eigenvalue weighted by Crippen LogP contribution is 2.16. The topological polar surface area (TPSA) is 104 Å². The van der Waals surface area contributed by atoms with E-state index in [-0.39, 0.29) is 0 Å². The third-order valence-electron chi connectivity index (χ3n) is 4.63. The summed E-state index contributed by atoms with van der Waals surface area (Å²) in [5, 5.41) is 3.16. The van der Waals surface area contributed by atoms with Crippen LogP contribution in [-0.2, 0) is 13.0 Å². The molecule has 0 saturated carbocycles. The average Bonchev–Trinajstić information content (AvgIpc) is 3.31. The minimum absolute atomic E-state index is 0.461. The maximum Gasteiger partial charge on any atom is 0.188 e. The van der Waals surface area contributed by atoms with Crippen LogP contribution >= 0.6 is 0 Å². The second-order valence-electron chi connectivity index (χ2n) is 6.82. The first-order valence-electron chi connectivity index (χ1n) is 10.0. The van der Waals surface area contributed by atoms with Gasteiger partial charge < -0.3 is 25.7 Å². The lowest BCUT2D eigenvalue weighted by Gasteiger charge is -2.23. The number of methoxy groups -OCH3 is 1. The predicted molar refractivity (Wildman–Crippen MR) is 120 cm³/mol. The number of anilines is 1. The van der Waals surface area contributed by atoms with Crippen LogP contribution in [0.5, 0.6) is 5.75 Å². The third kappa shape index (κ3) is 6.80. The van der Waals surface area contributed by atoms with Gasteiger partial charge in [0.05, 0.1) is 25.7 Å². The van der Waals surface area contributed by atoms with Crippen molar-refractivity contribution < 1.29 is 4.74 Å². The Balaban J connectivity index is 1.50. The number of benzene rings is 1. The highest BCUT2D eigenvalue weighted by atomic mass is 16.5. The van der Waals surface area contributed by atoms with Gasteiger partial charge in [-0.1, -0.05) is 18.2 Å². The maximum atomic E-state index is 6.01. The highest BCUT2D eigenvalue weighted by Gasteiger charge is 2.08. The van der Waals surface area contributed by atoms with Crippen LogP contribution in [0, 0.1) is 0 Å². The summed E-state index contributed by atoms with van der Waals surface area (Å²) in [7, 11) is 1.67. The van der Waals surface area contributed by atoms with Crippen LogP contribution < -0.4 is 20.7 Å². The van der Waals surface area contributed by atoms with Gasteiger partial charge in [-0.05, 0) is 42.7 Å². The molecule has 0 saturated heterocycles. The molecule has 0 unspecified atom stereocenters. The first kappa shape index (κ1) is 21.2. The van der Waals surface area contributed by atoms with Gasteiger partial charge in [0.15, 0.2) is 5.96 Å². The summed E-state index contributed by atoms with van der Waals surface area (Å²) < 4.78 is 5.24. The SMILES string of the molecule is COc1ccc(CN(CCN=C(N)NCCCc2c[nH]cn2)c2ccccn2)cc1. The predicted octanol–water partition coefficient (Wildman–Crippen LogP) is 2.36. The number of pyridine rings is 1. The molecule has 2 heterocycles. The summed E-state index contributed by atoms with van der Waals surface area (Å²) in [5.41, 5.74) is 8.24. The Morgan fingerprint density at radius 2 is 2.07 bits per heavy atom. The summed E-state index contributed by atoms with van der Waals surface area (Å²) in [5.74, 6) is 2.22. The molecule has 0 atom stereocenters. The Morgan fingerprint density at radius 1 is 1.20 bits per heavy atom. The van der Waals surface area contributed by atoms with E-state index in [1.807, 2.05) is 36.5 Å². The number of ether oxygens (including phenoxy) is 1. The standard InChI is InChI=1S/C22H29N7O/c1-30-20-9-7-18(8-10-20)16-29(21-6-2-3-11-25-21)14-13-27-22(23)26-12-4-5-19-15-24-17-28-19/h2-3,6-11,15,17H,4-5,12-14,16H2,1H3,(H,24,28)(H3,23,26,27). The van der Waals surface area contributed by atoms with E-state index in [0.717, 1.165) is 43.2 Å². The Bertz CT molecular complexity index is 880. The number of hydrogen-bond donors (Lipinski definition) is 3. The number of rotatable bonds is 11. The number of guanidine groups is 1. The van der Waals surface area contributed by atoms with E-state index in [4.69, 9.17) is 10.5 Å². The van der Waals surface area contributed by atoms with Crippen molar-refractivity contribution in [2.45, 2.75) is 19.4 Å². The first-order valence-corrected chi connectivity index (χ1v) is 10.0. The van der Waals surface area contributed by atoms with E-state index in [1.54, 1.807) is 19.6 Å². The van der Waals surface area contributed by atoms with Crippen molar-refractivity contribution in [1.82, 2.24) is 20.3 Å². The van der Waals surface area contributed by atoms with Gasteiger partial charge in [0.1, 0.15) is 11.6 Å². The number of nitrogens with zero attached hydrogens (tertiary/aromatic N) is 4. The number of aromatic amines is 1. The van der Waals surface area contributed by atoms with Crippen molar-refractivity contribution in [3.63, 3.8) is 0 Å². The molecule has 0 aliphatic carbocycles. The molecular formula is C22H29N7O. The molecule has 0 aliphatic rings. The molecule has 0 fully saturated rings. The van der Waals surface area contributed by atoms with Crippen molar-refractivity contribution in [3.8, 4) is 5.75 Å². The Labute approximate surface area is 177 Å². The zero-order chi connectivity index (χ0) is 21.0. The van der Waals surface area contributed by atoms with Gasteiger partial charge in [-0.3, -0.25) is 4.99 Å². The van der Waals surface area contributed by atoms with E-state index >= 15 is 0 Å². The number of nitrogens with one attached hydrogen (secondary N) is 2. The zero-order valence-corrected chi connectivity index (χ0v) is 17.3. The summed E-state index contributed by atoms with van der Waals surface area (Å²) in [6.45, 7) is 2.77. The highest BCUT2D eigenvalue weighted by molar-refractivity contribution is 5.77. The maximum absolute atomic E-state index is 6.01. The molecule has 0 aliphatic heterocycles. The summed E-state index contributed by atoms with van der Waals surface area (Å²) in [4.78, 5) is 18.3. The van der Waals surface area contributed by atoms with Gasteiger partial charge in [0.25, 0.3) is 0 Å². The molecule has 0 spiro atoms. The molecule has 4 N–H and O–H groups in total. The Morgan fingerprint density at radius 3 is 2.77 bits per heavy atom. The smallest absolute Gasteiger partial charge is 0.188 e. The summed E-state index contributed by atoms with van der Waals surface area (Å²) >= 11 is 0. The molecule has 3 rings (SSSR count). The minimum Gasteiger partial charge on any atom is -0.497 e. The molecule has 30 heavy (non-hydrogen) atoms. The molecule has 3 aromatic rings. The second kappa shape index (κ2) is 11.5. The third-order valence-corrected chi connectivity index (χ3v) is 4.63. The van der Waals surface area contributed by atoms with Crippen LogP contribution in [0.15, 0.2) is 66.2 Å². The molecule has 8 heteroatoms. The average molecular weight is 408 g/mol. The largest absolute Gasteiger partial charge is 0.497 e. The Kier molecular flexibility index (Phi) is 8.08. The number of H-pyrrole nitrogens is 1. The number of aliphatic imine (C=N–C) groups is 1. The number of imidazole rings is 1. The number of aryl methyl sites for hydroxylation is 1. The molecule has 0 bridgehead atoms. The van der Waals surface area contributed by atoms with Crippen molar-refractivity contribution in [2.75, 3.05) is 31.6 Å². The van der Waals surface area contributed by atoms with E-state index in [9.17, 15) is 0 Å². The van der Waals surface area contributed by atoms with Crippen LogP contribution in [0.3, 0.4) is 0 Å². The zero-order valence-electron chi connectivity index (χ0n) is 17.3. The fourth-order valence-electron chi connectivity index (χ4n) is 3.03. The van der Waals surface area contributed by atoms with Gasteiger partial charge in [0.2, 0.25) is 0 Å². The lowest BCUT2D eigenvalue weighted by atomic mass is 10.2. The van der Waals surface area contributed by atoms with Gasteiger partial charge in [-0.25, -0.2) is 9.97 Å². The van der Waals surface area contributed by atoms with Crippen LogP contribution in [0.4, 0.5) is 5.82 Å². The first-order chi connectivity index (χ1) is 14.7. The quantitative estimate of drug-likeness (QED) is 0.256. The molecule has 2 aromatic heterocycles. The molecule has 8 nitrogen and oxygen atoms in total. The van der Waals surface area contributed by atoms with Gasteiger partial charge in [0, 0.05) is 32.0 Å². The number of nitrogens with two attached hydrogens (primary N) is 1. The number of aromatic nitrogens is 3. The van der Waals surface area contributed by atoms with E-state index in [1.165, 1.54) is 5.56 Å². The second-order valence-corrected chi connectivity index (χ2v) is 6.82. The number of hydrogen-bond acceptors (Lipinski definition) is 5. The van der Waals surface area contributed by atoms with Crippen LogP contribution in [-0.4, -0.2) is 47.7 Å². The summed E-state index contributed by atoms with van der Waals surface area (Å²) in [6.07, 6.45) is 7.25. The van der Waals surface area contributed by atoms with E-state index < -0.39 is 0 Å².